The molecule has 0 aliphatic carbocycles. The number of nitrogens with zero attached hydrogens (tertiary/aromatic N) is 2. The highest BCUT2D eigenvalue weighted by Gasteiger charge is 2.44. The van der Waals surface area contributed by atoms with Crippen LogP contribution in [-0.2, 0) is 4.79 Å². The Bertz CT molecular complexity index is 669. The predicted molar refractivity (Wildman–Crippen MR) is 93.5 cm³/mol. The first-order valence-corrected chi connectivity index (χ1v) is 9.05. The van der Waals surface area contributed by atoms with Crippen LogP contribution in [0.5, 0.6) is 0 Å². The van der Waals surface area contributed by atoms with Crippen molar-refractivity contribution in [2.24, 2.45) is 17.8 Å². The minimum absolute atomic E-state index is 0.0161. The smallest absolute Gasteiger partial charge is 0.259 e. The molecular weight excluding hydrogens is 340 g/mol. The number of halogens is 2. The number of hydrogen-bond donors (Lipinski definition) is 1. The van der Waals surface area contributed by atoms with Crippen LogP contribution < -0.4 is 5.32 Å². The van der Waals surface area contributed by atoms with E-state index in [4.69, 9.17) is 0 Å². The summed E-state index contributed by atoms with van der Waals surface area (Å²) in [5.41, 5.74) is -0.535. The predicted octanol–water partition coefficient (Wildman–Crippen LogP) is 1.74. The maximum absolute atomic E-state index is 14.0. The molecule has 2 atom stereocenters. The molecule has 0 bridgehead atoms. The molecular formula is C19H25F2N3O2. The second kappa shape index (κ2) is 7.70. The van der Waals surface area contributed by atoms with Gasteiger partial charge in [-0.1, -0.05) is 6.07 Å². The van der Waals surface area contributed by atoms with Crippen molar-refractivity contribution < 1.29 is 18.4 Å². The molecule has 2 heterocycles. The van der Waals surface area contributed by atoms with Crippen molar-refractivity contribution in [3.05, 3.63) is 35.4 Å². The highest BCUT2D eigenvalue weighted by molar-refractivity contribution is 5.95. The van der Waals surface area contributed by atoms with E-state index in [0.29, 0.717) is 12.5 Å². The number of benzene rings is 1. The summed E-state index contributed by atoms with van der Waals surface area (Å²) in [5, 5.41) is 2.67. The third-order valence-corrected chi connectivity index (χ3v) is 5.78. The summed E-state index contributed by atoms with van der Waals surface area (Å²) in [7, 11) is 3.65. The molecule has 26 heavy (non-hydrogen) atoms. The average Bonchev–Trinajstić information content (AvgIpc) is 3.07. The van der Waals surface area contributed by atoms with E-state index < -0.39 is 23.1 Å². The fraction of sp³-hybridized carbons (Fsp3) is 0.579. The van der Waals surface area contributed by atoms with Crippen molar-refractivity contribution in [2.45, 2.75) is 12.8 Å². The molecule has 2 saturated heterocycles. The van der Waals surface area contributed by atoms with Crippen LogP contribution >= 0.6 is 0 Å². The summed E-state index contributed by atoms with van der Waals surface area (Å²) >= 11 is 0. The summed E-state index contributed by atoms with van der Waals surface area (Å²) in [5.74, 6) is -2.52. The number of likely N-dealkylation sites (tertiary alicyclic amines) is 2. The van der Waals surface area contributed by atoms with Crippen molar-refractivity contribution in [1.29, 1.82) is 0 Å². The Morgan fingerprint density at radius 3 is 2.31 bits per heavy atom. The van der Waals surface area contributed by atoms with Gasteiger partial charge < -0.3 is 15.1 Å². The fourth-order valence-corrected chi connectivity index (χ4v) is 4.25. The van der Waals surface area contributed by atoms with Gasteiger partial charge in [0.1, 0.15) is 17.2 Å². The number of nitrogens with one attached hydrogen (secondary N) is 1. The maximum Gasteiger partial charge on any atom is 0.259 e. The van der Waals surface area contributed by atoms with Gasteiger partial charge in [0.25, 0.3) is 5.91 Å². The zero-order valence-corrected chi connectivity index (χ0v) is 15.2. The van der Waals surface area contributed by atoms with Crippen molar-refractivity contribution >= 4 is 11.8 Å². The van der Waals surface area contributed by atoms with Gasteiger partial charge in [-0.2, -0.15) is 0 Å². The highest BCUT2D eigenvalue weighted by atomic mass is 19.1. The SMILES string of the molecule is CNC(=O)[C@@H]1CN(C(=O)c2c(F)cccc2F)C[C@H]1C1CCN(C)CC1. The molecule has 2 aliphatic rings. The van der Waals surface area contributed by atoms with E-state index in [2.05, 4.69) is 17.3 Å². The molecule has 0 aromatic heterocycles. The van der Waals surface area contributed by atoms with Crippen LogP contribution in [0.2, 0.25) is 0 Å². The van der Waals surface area contributed by atoms with Gasteiger partial charge in [-0.15, -0.1) is 0 Å². The molecule has 1 aromatic carbocycles. The summed E-state index contributed by atoms with van der Waals surface area (Å²) in [4.78, 5) is 28.8. The van der Waals surface area contributed by atoms with Gasteiger partial charge in [0.05, 0.1) is 5.92 Å². The molecule has 5 nitrogen and oxygen atoms in total. The van der Waals surface area contributed by atoms with Gasteiger partial charge in [-0.3, -0.25) is 9.59 Å². The molecule has 2 fully saturated rings. The van der Waals surface area contributed by atoms with Crippen LogP contribution in [0.15, 0.2) is 18.2 Å². The standard InChI is InChI=1S/C19H25F2N3O2/c1-22-18(25)14-11-24(10-13(14)12-6-8-23(2)9-7-12)19(26)17-15(20)4-3-5-16(17)21/h3-5,12-14H,6-11H2,1-2H3,(H,22,25)/t13-,14+/m0/s1. The van der Waals surface area contributed by atoms with E-state index in [9.17, 15) is 18.4 Å². The van der Waals surface area contributed by atoms with Crippen molar-refractivity contribution in [3.8, 4) is 0 Å². The summed E-state index contributed by atoms with van der Waals surface area (Å²) in [6.45, 7) is 2.47. The topological polar surface area (TPSA) is 52.7 Å². The molecule has 3 rings (SSSR count). The number of hydrogen-bond acceptors (Lipinski definition) is 3. The van der Waals surface area contributed by atoms with Gasteiger partial charge in [-0.05, 0) is 56.9 Å². The molecule has 0 radical (unpaired) electrons. The Hall–Kier alpha value is -2.02. The quantitative estimate of drug-likeness (QED) is 0.888. The van der Waals surface area contributed by atoms with Gasteiger partial charge >= 0.3 is 0 Å². The third-order valence-electron chi connectivity index (χ3n) is 5.78. The second-order valence-corrected chi connectivity index (χ2v) is 7.33. The van der Waals surface area contributed by atoms with Gasteiger partial charge in [0.15, 0.2) is 0 Å². The molecule has 142 valence electrons. The lowest BCUT2D eigenvalue weighted by Crippen LogP contribution is -2.39. The molecule has 1 N–H and O–H groups in total. The molecule has 0 unspecified atom stereocenters. The molecule has 0 saturated carbocycles. The summed E-state index contributed by atoms with van der Waals surface area (Å²) in [6.07, 6.45) is 1.93. The first kappa shape index (κ1) is 18.8. The van der Waals surface area contributed by atoms with Crippen LogP contribution in [0.3, 0.4) is 0 Å². The van der Waals surface area contributed by atoms with Crippen molar-refractivity contribution in [1.82, 2.24) is 15.1 Å². The van der Waals surface area contributed by atoms with Crippen LogP contribution in [0.1, 0.15) is 23.2 Å². The normalized spacial score (nSPS) is 24.7. The Labute approximate surface area is 152 Å². The number of amides is 2. The van der Waals surface area contributed by atoms with E-state index in [-0.39, 0.29) is 24.3 Å². The largest absolute Gasteiger partial charge is 0.359 e. The third kappa shape index (κ3) is 3.58. The van der Waals surface area contributed by atoms with E-state index in [1.54, 1.807) is 7.05 Å². The Morgan fingerprint density at radius 1 is 1.12 bits per heavy atom. The molecule has 1 aromatic rings. The first-order chi connectivity index (χ1) is 12.4. The lowest BCUT2D eigenvalue weighted by Gasteiger charge is -2.34. The van der Waals surface area contributed by atoms with Crippen LogP contribution in [0, 0.1) is 29.4 Å². The monoisotopic (exact) mass is 365 g/mol. The second-order valence-electron chi connectivity index (χ2n) is 7.33. The van der Waals surface area contributed by atoms with E-state index in [0.717, 1.165) is 38.1 Å². The van der Waals surface area contributed by atoms with E-state index in [1.165, 1.54) is 11.0 Å². The zero-order chi connectivity index (χ0) is 18.8. The highest BCUT2D eigenvalue weighted by Crippen LogP contribution is 2.36. The first-order valence-electron chi connectivity index (χ1n) is 9.05. The van der Waals surface area contributed by atoms with E-state index in [1.807, 2.05) is 0 Å². The molecule has 7 heteroatoms. The van der Waals surface area contributed by atoms with Crippen LogP contribution in [-0.4, -0.2) is 61.9 Å². The number of piperidine rings is 1. The van der Waals surface area contributed by atoms with Gasteiger partial charge in [0.2, 0.25) is 5.91 Å². The Morgan fingerprint density at radius 2 is 1.73 bits per heavy atom. The van der Waals surface area contributed by atoms with Crippen LogP contribution in [0.4, 0.5) is 8.78 Å². The summed E-state index contributed by atoms with van der Waals surface area (Å²) < 4.78 is 28.0. The van der Waals surface area contributed by atoms with Crippen molar-refractivity contribution in [2.75, 3.05) is 40.3 Å². The minimum Gasteiger partial charge on any atom is -0.359 e. The lowest BCUT2D eigenvalue weighted by molar-refractivity contribution is -0.125. The van der Waals surface area contributed by atoms with Gasteiger partial charge in [0, 0.05) is 20.1 Å². The van der Waals surface area contributed by atoms with Gasteiger partial charge in [-0.25, -0.2) is 8.78 Å². The average molecular weight is 365 g/mol. The number of rotatable bonds is 3. The number of carbonyl (C=O) groups is 2. The maximum atomic E-state index is 14.0. The fourth-order valence-electron chi connectivity index (χ4n) is 4.25. The Balaban J connectivity index is 1.81. The number of carbonyl (C=O) groups excluding carboxylic acids is 2. The Kier molecular flexibility index (Phi) is 5.55. The van der Waals surface area contributed by atoms with Crippen LogP contribution in [0.25, 0.3) is 0 Å². The molecule has 0 spiro atoms. The minimum atomic E-state index is -0.866. The summed E-state index contributed by atoms with van der Waals surface area (Å²) in [6, 6.07) is 3.40. The zero-order valence-electron chi connectivity index (χ0n) is 15.2. The molecule has 2 aliphatic heterocycles. The lowest BCUT2D eigenvalue weighted by atomic mass is 9.78. The van der Waals surface area contributed by atoms with Crippen molar-refractivity contribution in [3.63, 3.8) is 0 Å². The van der Waals surface area contributed by atoms with E-state index >= 15 is 0 Å². The molecule has 2 amide bonds.